The molecule has 7 nitrogen and oxygen atoms in total. The molecule has 0 bridgehead atoms. The maximum absolute atomic E-state index is 11.5. The van der Waals surface area contributed by atoms with E-state index in [-0.39, 0.29) is 6.10 Å². The summed E-state index contributed by atoms with van der Waals surface area (Å²) in [5, 5.41) is 1.27. The highest BCUT2D eigenvalue weighted by molar-refractivity contribution is 5.92. The second-order valence-corrected chi connectivity index (χ2v) is 7.82. The molecule has 0 saturated heterocycles. The summed E-state index contributed by atoms with van der Waals surface area (Å²) in [5.74, 6) is 0.630. The fourth-order valence-electron chi connectivity index (χ4n) is 4.42. The Kier molecular flexibility index (Phi) is 3.95. The quantitative estimate of drug-likeness (QED) is 0.547. The molecule has 0 aliphatic carbocycles. The highest BCUT2D eigenvalue weighted by Crippen LogP contribution is 2.38. The van der Waals surface area contributed by atoms with E-state index in [1.807, 2.05) is 0 Å². The van der Waals surface area contributed by atoms with Gasteiger partial charge >= 0.3 is 5.76 Å². The molecular weight excluding hydrogens is 382 g/mol. The first-order valence-electron chi connectivity index (χ1n) is 10.2. The predicted octanol–water partition coefficient (Wildman–Crippen LogP) is 3.53. The normalized spacial score (nSPS) is 19.3. The third kappa shape index (κ3) is 2.90. The number of hydrogen-bond donors (Lipinski definition) is 2. The van der Waals surface area contributed by atoms with Crippen molar-refractivity contribution in [1.82, 2.24) is 14.9 Å². The van der Waals surface area contributed by atoms with Gasteiger partial charge in [0.25, 0.3) is 0 Å². The average molecular weight is 403 g/mol. The number of oxazole rings is 1. The first-order chi connectivity index (χ1) is 14.7. The van der Waals surface area contributed by atoms with Crippen LogP contribution in [0.5, 0.6) is 11.5 Å². The molecule has 2 aromatic carbocycles. The van der Waals surface area contributed by atoms with Gasteiger partial charge in [0.1, 0.15) is 12.7 Å². The van der Waals surface area contributed by atoms with Crippen molar-refractivity contribution in [2.75, 3.05) is 26.2 Å². The monoisotopic (exact) mass is 403 g/mol. The van der Waals surface area contributed by atoms with Crippen LogP contribution in [0.15, 0.2) is 57.9 Å². The van der Waals surface area contributed by atoms with Crippen LogP contribution in [0.25, 0.3) is 27.6 Å². The third-order valence-electron chi connectivity index (χ3n) is 5.91. The molecule has 0 saturated carbocycles. The zero-order chi connectivity index (χ0) is 20.1. The maximum atomic E-state index is 11.5. The molecule has 2 aliphatic rings. The van der Waals surface area contributed by atoms with Crippen molar-refractivity contribution in [1.29, 1.82) is 0 Å². The number of para-hydroxylation sites is 1. The standard InChI is InChI=1S/C23H21N3O4/c27-23-25-19-5-6-20-22(21(19)30-23)29-15(13-28-20)12-26-9-7-14(8-10-26)17-11-24-18-4-2-1-3-16(17)18/h1-7,11,15,24H,8-10,12-13H2,(H,25,27). The second kappa shape index (κ2) is 6.81. The van der Waals surface area contributed by atoms with Gasteiger partial charge in [0.05, 0.1) is 5.52 Å². The predicted molar refractivity (Wildman–Crippen MR) is 114 cm³/mol. The van der Waals surface area contributed by atoms with E-state index in [1.54, 1.807) is 12.1 Å². The SMILES string of the molecule is O=c1[nH]c2ccc3c(c2o1)OC(CN1CC=C(c2c[nH]c4ccccc24)CC1)CO3. The minimum absolute atomic E-state index is 0.119. The summed E-state index contributed by atoms with van der Waals surface area (Å²) in [6.07, 6.45) is 5.28. The lowest BCUT2D eigenvalue weighted by molar-refractivity contribution is 0.0621. The number of fused-ring (bicyclic) bond motifs is 4. The van der Waals surface area contributed by atoms with Gasteiger partial charge < -0.3 is 18.9 Å². The number of benzene rings is 2. The Morgan fingerprint density at radius 3 is 2.97 bits per heavy atom. The molecule has 0 spiro atoms. The van der Waals surface area contributed by atoms with Crippen LogP contribution < -0.4 is 15.2 Å². The lowest BCUT2D eigenvalue weighted by Gasteiger charge is -2.32. The number of nitrogens with zero attached hydrogens (tertiary/aromatic N) is 1. The van der Waals surface area contributed by atoms with Crippen LogP contribution in [0.2, 0.25) is 0 Å². The molecule has 1 unspecified atom stereocenters. The summed E-state index contributed by atoms with van der Waals surface area (Å²) < 4.78 is 17.3. The molecule has 0 fully saturated rings. The van der Waals surface area contributed by atoms with Crippen LogP contribution in [0, 0.1) is 0 Å². The number of aromatic amines is 2. The van der Waals surface area contributed by atoms with Crippen LogP contribution in [0.3, 0.4) is 0 Å². The topological polar surface area (TPSA) is 83.5 Å². The minimum Gasteiger partial charge on any atom is -0.486 e. The Balaban J connectivity index is 1.18. The van der Waals surface area contributed by atoms with Gasteiger partial charge in [0.2, 0.25) is 11.3 Å². The van der Waals surface area contributed by atoms with Crippen LogP contribution in [-0.2, 0) is 0 Å². The molecule has 30 heavy (non-hydrogen) atoms. The van der Waals surface area contributed by atoms with Crippen LogP contribution in [0.1, 0.15) is 12.0 Å². The lowest BCUT2D eigenvalue weighted by atomic mass is 9.99. The Labute approximate surface area is 171 Å². The Morgan fingerprint density at radius 1 is 1.13 bits per heavy atom. The van der Waals surface area contributed by atoms with E-state index in [9.17, 15) is 4.79 Å². The number of rotatable bonds is 3. The van der Waals surface area contributed by atoms with Gasteiger partial charge in [0.15, 0.2) is 5.75 Å². The van der Waals surface area contributed by atoms with Crippen molar-refractivity contribution in [2.45, 2.75) is 12.5 Å². The van der Waals surface area contributed by atoms with E-state index in [2.05, 4.69) is 51.4 Å². The van der Waals surface area contributed by atoms with Gasteiger partial charge in [-0.2, -0.15) is 0 Å². The zero-order valence-corrected chi connectivity index (χ0v) is 16.3. The van der Waals surface area contributed by atoms with Gasteiger partial charge in [-0.1, -0.05) is 24.3 Å². The van der Waals surface area contributed by atoms with Crippen LogP contribution in [0.4, 0.5) is 0 Å². The molecule has 2 aliphatic heterocycles. The molecule has 1 atom stereocenters. The maximum Gasteiger partial charge on any atom is 0.417 e. The molecule has 0 radical (unpaired) electrons. The summed E-state index contributed by atoms with van der Waals surface area (Å²) in [4.78, 5) is 19.9. The number of hydrogen-bond acceptors (Lipinski definition) is 5. The summed E-state index contributed by atoms with van der Waals surface area (Å²) in [6, 6.07) is 12.0. The Hall–Kier alpha value is -3.45. The number of aromatic nitrogens is 2. The summed E-state index contributed by atoms with van der Waals surface area (Å²) in [5.41, 5.74) is 4.88. The highest BCUT2D eigenvalue weighted by Gasteiger charge is 2.27. The number of nitrogens with one attached hydrogen (secondary N) is 2. The van der Waals surface area contributed by atoms with Crippen molar-refractivity contribution in [3.05, 3.63) is 64.8 Å². The molecule has 152 valence electrons. The van der Waals surface area contributed by atoms with Gasteiger partial charge in [-0.05, 0) is 30.2 Å². The largest absolute Gasteiger partial charge is 0.486 e. The van der Waals surface area contributed by atoms with Gasteiger partial charge in [-0.25, -0.2) is 4.79 Å². The van der Waals surface area contributed by atoms with E-state index < -0.39 is 5.76 Å². The Bertz CT molecular complexity index is 1330. The molecule has 4 heterocycles. The molecule has 0 amide bonds. The van der Waals surface area contributed by atoms with Gasteiger partial charge in [-0.15, -0.1) is 0 Å². The number of ether oxygens (including phenoxy) is 2. The lowest BCUT2D eigenvalue weighted by Crippen LogP contribution is -2.42. The van der Waals surface area contributed by atoms with E-state index in [0.29, 0.717) is 29.2 Å². The first-order valence-corrected chi connectivity index (χ1v) is 10.2. The molecule has 2 N–H and O–H groups in total. The van der Waals surface area contributed by atoms with E-state index >= 15 is 0 Å². The Morgan fingerprint density at radius 2 is 2.07 bits per heavy atom. The third-order valence-corrected chi connectivity index (χ3v) is 5.91. The smallest absolute Gasteiger partial charge is 0.417 e. The minimum atomic E-state index is -0.491. The number of H-pyrrole nitrogens is 2. The fraction of sp³-hybridized carbons (Fsp3) is 0.261. The van der Waals surface area contributed by atoms with Crippen LogP contribution >= 0.6 is 0 Å². The summed E-state index contributed by atoms with van der Waals surface area (Å²) in [7, 11) is 0. The van der Waals surface area contributed by atoms with E-state index in [0.717, 1.165) is 26.1 Å². The molecule has 2 aromatic heterocycles. The second-order valence-electron chi connectivity index (χ2n) is 7.82. The molecular formula is C23H21N3O4. The van der Waals surface area contributed by atoms with E-state index in [1.165, 1.54) is 22.0 Å². The van der Waals surface area contributed by atoms with Crippen molar-refractivity contribution in [2.24, 2.45) is 0 Å². The molecule has 4 aromatic rings. The van der Waals surface area contributed by atoms with Crippen LogP contribution in [-0.4, -0.2) is 47.2 Å². The fourth-order valence-corrected chi connectivity index (χ4v) is 4.42. The summed E-state index contributed by atoms with van der Waals surface area (Å²) in [6.45, 7) is 3.05. The van der Waals surface area contributed by atoms with Gasteiger partial charge in [-0.3, -0.25) is 9.88 Å². The van der Waals surface area contributed by atoms with Crippen molar-refractivity contribution >= 4 is 27.6 Å². The van der Waals surface area contributed by atoms with E-state index in [4.69, 9.17) is 13.9 Å². The zero-order valence-electron chi connectivity index (χ0n) is 16.3. The first kappa shape index (κ1) is 17.4. The summed E-state index contributed by atoms with van der Waals surface area (Å²) >= 11 is 0. The van der Waals surface area contributed by atoms with Gasteiger partial charge in [0, 0.05) is 42.3 Å². The molecule has 6 rings (SSSR count). The van der Waals surface area contributed by atoms with Crippen molar-refractivity contribution in [3.63, 3.8) is 0 Å². The molecule has 7 heteroatoms. The average Bonchev–Trinajstić information content (AvgIpc) is 3.37. The van der Waals surface area contributed by atoms with Crippen molar-refractivity contribution < 1.29 is 13.9 Å². The van der Waals surface area contributed by atoms with Crippen molar-refractivity contribution in [3.8, 4) is 11.5 Å². The highest BCUT2D eigenvalue weighted by atomic mass is 16.6.